The van der Waals surface area contributed by atoms with Crippen molar-refractivity contribution in [1.29, 1.82) is 0 Å². The van der Waals surface area contributed by atoms with Gasteiger partial charge in [0.15, 0.2) is 5.52 Å². The lowest BCUT2D eigenvalue weighted by Crippen LogP contribution is -2.42. The fraction of sp³-hybridized carbons (Fsp3) is 0.412. The fourth-order valence-corrected chi connectivity index (χ4v) is 3.36. The molecule has 3 rings (SSSR count). The number of pyridine rings is 1. The molecule has 1 amide bonds. The minimum Gasteiger partial charge on any atom is -0.370 e. The van der Waals surface area contributed by atoms with Gasteiger partial charge in [0.1, 0.15) is 0 Å². The number of hydrogen-bond donors (Lipinski definition) is 1. The summed E-state index contributed by atoms with van der Waals surface area (Å²) >= 11 is 0. The third-order valence-corrected chi connectivity index (χ3v) is 4.50. The maximum atomic E-state index is 12.0. The number of nitro groups is 1. The van der Waals surface area contributed by atoms with Crippen LogP contribution in [-0.2, 0) is 4.79 Å². The van der Waals surface area contributed by atoms with Gasteiger partial charge in [0.25, 0.3) is 5.69 Å². The monoisotopic (exact) mass is 328 g/mol. The number of aromatic nitrogens is 1. The molecule has 1 saturated heterocycles. The number of non-ortho nitro benzene ring substituents is 1. The molecule has 0 aliphatic carbocycles. The Kier molecular flexibility index (Phi) is 4.33. The number of benzene rings is 1. The van der Waals surface area contributed by atoms with Gasteiger partial charge in [-0.25, -0.2) is 4.98 Å². The van der Waals surface area contributed by atoms with Crippen LogP contribution in [0.5, 0.6) is 0 Å². The number of piperidine rings is 1. The predicted octanol–water partition coefficient (Wildman–Crippen LogP) is 2.41. The highest BCUT2D eigenvalue weighted by atomic mass is 16.6. The van der Waals surface area contributed by atoms with Crippen LogP contribution < -0.4 is 10.2 Å². The smallest absolute Gasteiger partial charge is 0.295 e. The van der Waals surface area contributed by atoms with E-state index in [2.05, 4.69) is 15.2 Å². The van der Waals surface area contributed by atoms with Crippen LogP contribution in [0.1, 0.15) is 18.5 Å². The van der Waals surface area contributed by atoms with Gasteiger partial charge in [-0.3, -0.25) is 14.9 Å². The third kappa shape index (κ3) is 2.89. The molecule has 0 spiro atoms. The number of para-hydroxylation sites is 1. The normalized spacial score (nSPS) is 17.8. The molecule has 2 heterocycles. The lowest BCUT2D eigenvalue weighted by Gasteiger charge is -2.34. The number of carbonyl (C=O) groups is 1. The fourth-order valence-electron chi connectivity index (χ4n) is 3.36. The number of nitrogens with zero attached hydrogens (tertiary/aromatic N) is 3. The summed E-state index contributed by atoms with van der Waals surface area (Å²) in [6, 6.07) is 6.95. The van der Waals surface area contributed by atoms with Gasteiger partial charge in [-0.2, -0.15) is 0 Å². The minimum atomic E-state index is -0.401. The van der Waals surface area contributed by atoms with Gasteiger partial charge < -0.3 is 10.2 Å². The van der Waals surface area contributed by atoms with Crippen molar-refractivity contribution >= 4 is 28.2 Å². The van der Waals surface area contributed by atoms with E-state index in [1.807, 2.05) is 19.1 Å². The van der Waals surface area contributed by atoms with Gasteiger partial charge in [0.05, 0.1) is 10.8 Å². The molecular weight excluding hydrogens is 308 g/mol. The Bertz CT molecular complexity index is 806. The molecule has 24 heavy (non-hydrogen) atoms. The van der Waals surface area contributed by atoms with Crippen molar-refractivity contribution < 1.29 is 9.72 Å². The van der Waals surface area contributed by atoms with Gasteiger partial charge >= 0.3 is 0 Å². The largest absolute Gasteiger partial charge is 0.370 e. The topological polar surface area (TPSA) is 88.4 Å². The van der Waals surface area contributed by atoms with Gasteiger partial charge in [0, 0.05) is 43.0 Å². The van der Waals surface area contributed by atoms with E-state index in [9.17, 15) is 14.9 Å². The second kappa shape index (κ2) is 6.43. The van der Waals surface area contributed by atoms with Crippen molar-refractivity contribution in [1.82, 2.24) is 10.3 Å². The Morgan fingerprint density at radius 3 is 2.96 bits per heavy atom. The molecule has 1 aromatic heterocycles. The van der Waals surface area contributed by atoms with Gasteiger partial charge in [0.2, 0.25) is 5.91 Å². The Hall–Kier alpha value is -2.70. The molecular formula is C17H20N4O3. The summed E-state index contributed by atoms with van der Waals surface area (Å²) in [6.07, 6.45) is 1.77. The summed E-state index contributed by atoms with van der Waals surface area (Å²) in [5.74, 6) is -0.0215. The maximum absolute atomic E-state index is 12.0. The standard InChI is InChI=1S/C17H20N4O3/c1-11-9-15(20-8-4-5-12(10-20)17(22)18-2)13-6-3-7-14(21(23)24)16(13)19-11/h3,6-7,9,12H,4-5,8,10H2,1-2H3,(H,18,22). The number of anilines is 1. The summed E-state index contributed by atoms with van der Waals surface area (Å²) in [5.41, 5.74) is 2.06. The number of aryl methyl sites for hydroxylation is 1. The SMILES string of the molecule is CNC(=O)C1CCCN(c2cc(C)nc3c([N+](=O)[O-])cccc23)C1. The van der Waals surface area contributed by atoms with Crippen LogP contribution in [-0.4, -0.2) is 36.0 Å². The van der Waals surface area contributed by atoms with Crippen molar-refractivity contribution in [2.24, 2.45) is 5.92 Å². The van der Waals surface area contributed by atoms with Crippen molar-refractivity contribution in [2.75, 3.05) is 25.0 Å². The summed E-state index contributed by atoms with van der Waals surface area (Å²) in [4.78, 5) is 29.4. The van der Waals surface area contributed by atoms with Crippen molar-refractivity contribution in [3.63, 3.8) is 0 Å². The first-order valence-electron chi connectivity index (χ1n) is 8.02. The first-order chi connectivity index (χ1) is 11.5. The Balaban J connectivity index is 2.07. The summed E-state index contributed by atoms with van der Waals surface area (Å²) < 4.78 is 0. The third-order valence-electron chi connectivity index (χ3n) is 4.50. The van der Waals surface area contributed by atoms with Gasteiger partial charge in [-0.05, 0) is 25.8 Å². The molecule has 7 nitrogen and oxygen atoms in total. The number of rotatable bonds is 3. The molecule has 0 bridgehead atoms. The van der Waals surface area contributed by atoms with E-state index in [-0.39, 0.29) is 17.5 Å². The highest BCUT2D eigenvalue weighted by Gasteiger charge is 2.27. The molecule has 7 heteroatoms. The minimum absolute atomic E-state index is 0.0114. The molecule has 1 N–H and O–H groups in total. The number of nitro benzene ring substituents is 1. The van der Waals surface area contributed by atoms with E-state index < -0.39 is 4.92 Å². The number of hydrogen-bond acceptors (Lipinski definition) is 5. The van der Waals surface area contributed by atoms with Crippen molar-refractivity contribution in [2.45, 2.75) is 19.8 Å². The predicted molar refractivity (Wildman–Crippen MR) is 92.1 cm³/mol. The van der Waals surface area contributed by atoms with Gasteiger partial charge in [-0.15, -0.1) is 0 Å². The van der Waals surface area contributed by atoms with Crippen LogP contribution in [0.15, 0.2) is 24.3 Å². The number of carbonyl (C=O) groups excluding carboxylic acids is 1. The lowest BCUT2D eigenvalue weighted by molar-refractivity contribution is -0.383. The highest BCUT2D eigenvalue weighted by Crippen LogP contribution is 2.34. The van der Waals surface area contributed by atoms with Crippen molar-refractivity contribution in [3.8, 4) is 0 Å². The quantitative estimate of drug-likeness (QED) is 0.690. The first-order valence-corrected chi connectivity index (χ1v) is 8.02. The van der Waals surface area contributed by atoms with E-state index in [0.717, 1.165) is 36.2 Å². The Morgan fingerprint density at radius 1 is 1.46 bits per heavy atom. The van der Waals surface area contributed by atoms with Crippen LogP contribution in [0.2, 0.25) is 0 Å². The average Bonchev–Trinajstić information content (AvgIpc) is 2.59. The molecule has 1 atom stereocenters. The summed E-state index contributed by atoms with van der Waals surface area (Å²) in [5, 5.41) is 14.8. The van der Waals surface area contributed by atoms with Gasteiger partial charge in [-0.1, -0.05) is 12.1 Å². The first kappa shape index (κ1) is 16.2. The zero-order valence-corrected chi connectivity index (χ0v) is 13.8. The zero-order valence-electron chi connectivity index (χ0n) is 13.8. The van der Waals surface area contributed by atoms with Crippen LogP contribution in [0.4, 0.5) is 11.4 Å². The number of fused-ring (bicyclic) bond motifs is 1. The van der Waals surface area contributed by atoms with Crippen LogP contribution in [0.25, 0.3) is 10.9 Å². The molecule has 1 aromatic carbocycles. The van der Waals surface area contributed by atoms with E-state index in [0.29, 0.717) is 12.1 Å². The van der Waals surface area contributed by atoms with Crippen LogP contribution in [0, 0.1) is 23.0 Å². The second-order valence-electron chi connectivity index (χ2n) is 6.11. The Morgan fingerprint density at radius 2 is 2.25 bits per heavy atom. The van der Waals surface area contributed by atoms with E-state index in [1.54, 1.807) is 13.1 Å². The molecule has 2 aromatic rings. The molecule has 1 unspecified atom stereocenters. The average molecular weight is 328 g/mol. The highest BCUT2D eigenvalue weighted by molar-refractivity contribution is 5.97. The maximum Gasteiger partial charge on any atom is 0.295 e. The van der Waals surface area contributed by atoms with Crippen molar-refractivity contribution in [3.05, 3.63) is 40.1 Å². The van der Waals surface area contributed by atoms with Crippen LogP contribution >= 0.6 is 0 Å². The van der Waals surface area contributed by atoms with E-state index in [4.69, 9.17) is 0 Å². The molecule has 1 aliphatic heterocycles. The molecule has 0 saturated carbocycles. The molecule has 1 fully saturated rings. The summed E-state index contributed by atoms with van der Waals surface area (Å²) in [7, 11) is 1.65. The molecule has 126 valence electrons. The zero-order chi connectivity index (χ0) is 17.3. The van der Waals surface area contributed by atoms with E-state index in [1.165, 1.54) is 6.07 Å². The van der Waals surface area contributed by atoms with Crippen LogP contribution in [0.3, 0.4) is 0 Å². The lowest BCUT2D eigenvalue weighted by atomic mass is 9.96. The number of amides is 1. The number of nitrogens with one attached hydrogen (secondary N) is 1. The van der Waals surface area contributed by atoms with E-state index >= 15 is 0 Å². The summed E-state index contributed by atoms with van der Waals surface area (Å²) in [6.45, 7) is 3.27. The Labute approximate surface area is 139 Å². The molecule has 1 aliphatic rings. The second-order valence-corrected chi connectivity index (χ2v) is 6.11. The molecule has 0 radical (unpaired) electrons.